The third-order valence-corrected chi connectivity index (χ3v) is 5.23. The lowest BCUT2D eigenvalue weighted by molar-refractivity contribution is -0.392. The maximum atomic E-state index is 12.5. The second kappa shape index (κ2) is 8.24. The van der Waals surface area contributed by atoms with Gasteiger partial charge in [0.05, 0.1) is 11.8 Å². The Morgan fingerprint density at radius 3 is 2.44 bits per heavy atom. The average molecular weight is 412 g/mol. The molecule has 2 aromatic rings. The average Bonchev–Trinajstić information content (AvgIpc) is 2.99. The Bertz CT molecular complexity index is 842. The maximum Gasteiger partial charge on any atom is 0.345 e. The van der Waals surface area contributed by atoms with Crippen molar-refractivity contribution < 1.29 is 9.72 Å². The Balaban J connectivity index is 1.58. The van der Waals surface area contributed by atoms with E-state index in [0.29, 0.717) is 48.5 Å². The van der Waals surface area contributed by atoms with Crippen molar-refractivity contribution in [3.63, 3.8) is 0 Å². The fourth-order valence-corrected chi connectivity index (χ4v) is 3.60. The van der Waals surface area contributed by atoms with Crippen molar-refractivity contribution in [2.45, 2.75) is 20.0 Å². The van der Waals surface area contributed by atoms with Gasteiger partial charge in [-0.25, -0.2) is 0 Å². The van der Waals surface area contributed by atoms with Crippen LogP contribution in [0.2, 0.25) is 10.0 Å². The normalized spacial score (nSPS) is 15.1. The van der Waals surface area contributed by atoms with Crippen LogP contribution in [0.15, 0.2) is 24.3 Å². The number of amides is 1. The summed E-state index contributed by atoms with van der Waals surface area (Å²) in [7, 11) is 0. The summed E-state index contributed by atoms with van der Waals surface area (Å²) in [4.78, 5) is 26.9. The molecule has 0 spiro atoms. The zero-order valence-electron chi connectivity index (χ0n) is 14.8. The van der Waals surface area contributed by atoms with Crippen molar-refractivity contribution in [2.75, 3.05) is 26.2 Å². The first-order chi connectivity index (χ1) is 12.8. The van der Waals surface area contributed by atoms with Gasteiger partial charge in [-0.1, -0.05) is 34.4 Å². The van der Waals surface area contributed by atoms with Crippen LogP contribution in [0, 0.1) is 17.0 Å². The molecule has 1 saturated heterocycles. The molecule has 0 unspecified atom stereocenters. The third-order valence-electron chi connectivity index (χ3n) is 4.52. The van der Waals surface area contributed by atoms with Crippen LogP contribution in [-0.4, -0.2) is 56.6 Å². The Kier molecular flexibility index (Phi) is 5.98. The molecular formula is C17H19Cl2N5O3. The summed E-state index contributed by atoms with van der Waals surface area (Å²) in [5.41, 5.74) is 1.39. The number of rotatable bonds is 5. The van der Waals surface area contributed by atoms with E-state index in [4.69, 9.17) is 23.2 Å². The molecule has 27 heavy (non-hydrogen) atoms. The highest BCUT2D eigenvalue weighted by atomic mass is 35.5. The van der Waals surface area contributed by atoms with Gasteiger partial charge >= 0.3 is 5.82 Å². The molecule has 3 rings (SSSR count). The van der Waals surface area contributed by atoms with Crippen LogP contribution < -0.4 is 0 Å². The van der Waals surface area contributed by atoms with Crippen LogP contribution in [0.25, 0.3) is 0 Å². The molecule has 0 N–H and O–H groups in total. The quantitative estimate of drug-likeness (QED) is 0.557. The molecule has 0 radical (unpaired) electrons. The SMILES string of the molecule is Cc1cc([N+](=O)[O-])n(CC(=O)N2CCN(Cc3c(Cl)cccc3Cl)CC2)n1. The summed E-state index contributed by atoms with van der Waals surface area (Å²) in [6, 6.07) is 6.78. The topological polar surface area (TPSA) is 84.5 Å². The number of aromatic nitrogens is 2. The summed E-state index contributed by atoms with van der Waals surface area (Å²) in [5.74, 6) is -0.357. The monoisotopic (exact) mass is 411 g/mol. The van der Waals surface area contributed by atoms with Gasteiger partial charge in [0.2, 0.25) is 0 Å². The second-order valence-corrected chi connectivity index (χ2v) is 7.23. The predicted molar refractivity (Wildman–Crippen MR) is 102 cm³/mol. The number of aryl methyl sites for hydroxylation is 1. The highest BCUT2D eigenvalue weighted by Crippen LogP contribution is 2.26. The van der Waals surface area contributed by atoms with Crippen LogP contribution in [-0.2, 0) is 17.9 Å². The fourth-order valence-electron chi connectivity index (χ4n) is 3.09. The molecule has 1 aromatic heterocycles. The van der Waals surface area contributed by atoms with Gasteiger partial charge in [-0.3, -0.25) is 9.69 Å². The Hall–Kier alpha value is -2.16. The van der Waals surface area contributed by atoms with E-state index < -0.39 is 4.92 Å². The first kappa shape index (κ1) is 19.6. The van der Waals surface area contributed by atoms with E-state index in [1.807, 2.05) is 12.1 Å². The second-order valence-electron chi connectivity index (χ2n) is 6.42. The van der Waals surface area contributed by atoms with E-state index >= 15 is 0 Å². The predicted octanol–water partition coefficient (Wildman–Crippen LogP) is 2.75. The summed E-state index contributed by atoms with van der Waals surface area (Å²) in [6.07, 6.45) is 0. The first-order valence-corrected chi connectivity index (χ1v) is 9.22. The van der Waals surface area contributed by atoms with Gasteiger partial charge in [0.25, 0.3) is 5.91 Å². The van der Waals surface area contributed by atoms with E-state index in [0.717, 1.165) is 10.2 Å². The number of piperazine rings is 1. The minimum absolute atomic E-state index is 0.138. The standard InChI is InChI=1S/C17H19Cl2N5O3/c1-12-9-16(24(26)27)23(20-12)11-17(25)22-7-5-21(6-8-22)10-13-14(18)3-2-4-15(13)19/h2-4,9H,5-8,10-11H2,1H3. The van der Waals surface area contributed by atoms with Crippen molar-refractivity contribution in [3.8, 4) is 0 Å². The van der Waals surface area contributed by atoms with Crippen LogP contribution >= 0.6 is 23.2 Å². The lowest BCUT2D eigenvalue weighted by Gasteiger charge is -2.34. The van der Waals surface area contributed by atoms with E-state index in [1.54, 1.807) is 17.9 Å². The minimum Gasteiger partial charge on any atom is -0.358 e. The maximum absolute atomic E-state index is 12.5. The van der Waals surface area contributed by atoms with Crippen molar-refractivity contribution in [1.82, 2.24) is 19.6 Å². The van der Waals surface area contributed by atoms with Gasteiger partial charge in [0.15, 0.2) is 6.54 Å². The zero-order valence-corrected chi connectivity index (χ0v) is 16.3. The molecule has 10 heteroatoms. The molecule has 1 aliphatic rings. The number of halogens is 2. The van der Waals surface area contributed by atoms with E-state index in [-0.39, 0.29) is 18.3 Å². The Labute approximate surface area is 166 Å². The van der Waals surface area contributed by atoms with Crippen LogP contribution in [0.4, 0.5) is 5.82 Å². The molecular weight excluding hydrogens is 393 g/mol. The molecule has 1 fully saturated rings. The number of benzene rings is 1. The number of nitrogens with zero attached hydrogens (tertiary/aromatic N) is 5. The van der Waals surface area contributed by atoms with E-state index in [9.17, 15) is 14.9 Å². The van der Waals surface area contributed by atoms with Gasteiger partial charge in [-0.05, 0) is 24.0 Å². The minimum atomic E-state index is -0.529. The molecule has 0 atom stereocenters. The van der Waals surface area contributed by atoms with Gasteiger partial charge in [-0.15, -0.1) is 4.68 Å². The largest absolute Gasteiger partial charge is 0.358 e. The lowest BCUT2D eigenvalue weighted by atomic mass is 10.2. The van der Waals surface area contributed by atoms with Crippen LogP contribution in [0.1, 0.15) is 11.3 Å². The van der Waals surface area contributed by atoms with E-state index in [1.165, 1.54) is 6.07 Å². The van der Waals surface area contributed by atoms with E-state index in [2.05, 4.69) is 10.00 Å². The van der Waals surface area contributed by atoms with Crippen molar-refractivity contribution in [2.24, 2.45) is 0 Å². The van der Waals surface area contributed by atoms with Gasteiger partial charge < -0.3 is 15.0 Å². The van der Waals surface area contributed by atoms with Crippen molar-refractivity contribution >= 4 is 34.9 Å². The van der Waals surface area contributed by atoms with Crippen LogP contribution in [0.5, 0.6) is 0 Å². The van der Waals surface area contributed by atoms with Crippen molar-refractivity contribution in [1.29, 1.82) is 0 Å². The Morgan fingerprint density at radius 2 is 1.85 bits per heavy atom. The highest BCUT2D eigenvalue weighted by molar-refractivity contribution is 6.35. The molecule has 144 valence electrons. The molecule has 1 aromatic carbocycles. The molecule has 0 saturated carbocycles. The summed E-state index contributed by atoms with van der Waals surface area (Å²) in [5, 5.41) is 16.4. The number of hydrogen-bond donors (Lipinski definition) is 0. The van der Waals surface area contributed by atoms with Gasteiger partial charge in [0.1, 0.15) is 0 Å². The van der Waals surface area contributed by atoms with Crippen molar-refractivity contribution in [3.05, 3.63) is 55.7 Å². The molecule has 1 aliphatic heterocycles. The first-order valence-electron chi connectivity index (χ1n) is 8.47. The van der Waals surface area contributed by atoms with Gasteiger partial charge in [-0.2, -0.15) is 0 Å². The summed E-state index contributed by atoms with van der Waals surface area (Å²) >= 11 is 12.4. The number of carbonyl (C=O) groups excluding carboxylic acids is 1. The highest BCUT2D eigenvalue weighted by Gasteiger charge is 2.26. The number of nitro groups is 1. The number of hydrogen-bond acceptors (Lipinski definition) is 5. The molecule has 0 aliphatic carbocycles. The smallest absolute Gasteiger partial charge is 0.345 e. The summed E-state index contributed by atoms with van der Waals surface area (Å²) < 4.78 is 1.15. The number of carbonyl (C=O) groups is 1. The van der Waals surface area contributed by atoms with Crippen LogP contribution in [0.3, 0.4) is 0 Å². The molecule has 1 amide bonds. The third kappa shape index (κ3) is 4.58. The van der Waals surface area contributed by atoms with Gasteiger partial charge in [0, 0.05) is 48.3 Å². The fraction of sp³-hybridized carbons (Fsp3) is 0.412. The zero-order chi connectivity index (χ0) is 19.6. The Morgan fingerprint density at radius 1 is 1.22 bits per heavy atom. The summed E-state index contributed by atoms with van der Waals surface area (Å²) in [6.45, 7) is 4.56. The lowest BCUT2D eigenvalue weighted by Crippen LogP contribution is -2.49. The molecule has 0 bridgehead atoms. The molecule has 2 heterocycles. The molecule has 8 nitrogen and oxygen atoms in total.